The Kier molecular flexibility index (Phi) is 5.00. The van der Waals surface area contributed by atoms with Crippen LogP contribution in [0.5, 0.6) is 0 Å². The van der Waals surface area contributed by atoms with Crippen molar-refractivity contribution in [1.82, 2.24) is 10.3 Å². The number of amides is 1. The molecule has 0 spiro atoms. The van der Waals surface area contributed by atoms with Crippen LogP contribution in [0.1, 0.15) is 25.8 Å². The summed E-state index contributed by atoms with van der Waals surface area (Å²) in [6.07, 6.45) is 3.05. The molecule has 1 amide bonds. The van der Waals surface area contributed by atoms with E-state index >= 15 is 0 Å². The third kappa shape index (κ3) is 4.67. The molecule has 0 aromatic carbocycles. The summed E-state index contributed by atoms with van der Waals surface area (Å²) in [7, 11) is 0. The van der Waals surface area contributed by atoms with Crippen LogP contribution in [-0.4, -0.2) is 34.6 Å². The molecule has 4 N–H and O–H groups in total. The van der Waals surface area contributed by atoms with Crippen LogP contribution in [0.25, 0.3) is 0 Å². The molecule has 1 aromatic heterocycles. The van der Waals surface area contributed by atoms with Gasteiger partial charge >= 0.3 is 5.97 Å². The van der Waals surface area contributed by atoms with Crippen LogP contribution in [-0.2, 0) is 15.0 Å². The third-order valence-electron chi connectivity index (χ3n) is 2.88. The van der Waals surface area contributed by atoms with E-state index < -0.39 is 17.9 Å². The number of carbonyl (C=O) groups is 2. The number of nitrogens with zero attached hydrogens (tertiary/aromatic N) is 1. The molecule has 1 rings (SSSR count). The maximum atomic E-state index is 11.6. The number of hydrogen-bond acceptors (Lipinski definition) is 4. The van der Waals surface area contributed by atoms with Crippen LogP contribution in [0.3, 0.4) is 0 Å². The number of carbonyl (C=O) groups excluding carboxylic acids is 1. The average molecular weight is 265 g/mol. The van der Waals surface area contributed by atoms with Gasteiger partial charge in [0.1, 0.15) is 0 Å². The smallest absolute Gasteiger partial charge is 0.305 e. The van der Waals surface area contributed by atoms with Gasteiger partial charge in [0.25, 0.3) is 0 Å². The highest BCUT2D eigenvalue weighted by Gasteiger charge is 2.24. The van der Waals surface area contributed by atoms with E-state index in [0.717, 1.165) is 5.56 Å². The van der Waals surface area contributed by atoms with Gasteiger partial charge in [0.15, 0.2) is 0 Å². The normalized spacial score (nSPS) is 12.8. The second-order valence-electron chi connectivity index (χ2n) is 5.05. The number of rotatable bonds is 6. The number of nitrogens with two attached hydrogens (primary N) is 1. The minimum absolute atomic E-state index is 0.299. The van der Waals surface area contributed by atoms with Crippen molar-refractivity contribution in [2.45, 2.75) is 31.7 Å². The van der Waals surface area contributed by atoms with Gasteiger partial charge in [-0.25, -0.2) is 0 Å². The summed E-state index contributed by atoms with van der Waals surface area (Å²) in [5.41, 5.74) is 6.17. The highest BCUT2D eigenvalue weighted by Crippen LogP contribution is 2.20. The Morgan fingerprint density at radius 3 is 2.74 bits per heavy atom. The lowest BCUT2D eigenvalue weighted by Gasteiger charge is -2.25. The molecular formula is C13H19N3O3. The predicted molar refractivity (Wildman–Crippen MR) is 70.5 cm³/mol. The second kappa shape index (κ2) is 6.29. The number of pyridine rings is 1. The molecule has 0 aliphatic heterocycles. The lowest BCUT2D eigenvalue weighted by Crippen LogP contribution is -2.46. The third-order valence-corrected chi connectivity index (χ3v) is 2.88. The van der Waals surface area contributed by atoms with Crippen LogP contribution in [0.4, 0.5) is 0 Å². The lowest BCUT2D eigenvalue weighted by molar-refractivity contribution is -0.139. The van der Waals surface area contributed by atoms with Gasteiger partial charge < -0.3 is 16.2 Å². The van der Waals surface area contributed by atoms with Gasteiger partial charge in [-0.3, -0.25) is 14.6 Å². The second-order valence-corrected chi connectivity index (χ2v) is 5.05. The molecule has 19 heavy (non-hydrogen) atoms. The van der Waals surface area contributed by atoms with E-state index in [1.807, 2.05) is 26.0 Å². The first-order valence-corrected chi connectivity index (χ1v) is 5.98. The van der Waals surface area contributed by atoms with E-state index in [1.54, 1.807) is 12.4 Å². The van der Waals surface area contributed by atoms with Gasteiger partial charge in [-0.1, -0.05) is 19.9 Å². The van der Waals surface area contributed by atoms with Crippen LogP contribution < -0.4 is 11.1 Å². The lowest BCUT2D eigenvalue weighted by atomic mass is 9.85. The molecule has 1 heterocycles. The quantitative estimate of drug-likeness (QED) is 0.685. The molecule has 1 atom stereocenters. The minimum atomic E-state index is -1.09. The van der Waals surface area contributed by atoms with Crippen molar-refractivity contribution in [3.63, 3.8) is 0 Å². The fourth-order valence-electron chi connectivity index (χ4n) is 1.59. The maximum Gasteiger partial charge on any atom is 0.305 e. The van der Waals surface area contributed by atoms with Crippen molar-refractivity contribution in [1.29, 1.82) is 0 Å². The molecule has 0 saturated heterocycles. The SMILES string of the molecule is CC(C)(CNC(=O)C(N)CC(=O)O)c1cccnc1. The van der Waals surface area contributed by atoms with Crippen molar-refractivity contribution < 1.29 is 14.7 Å². The number of aromatic nitrogens is 1. The summed E-state index contributed by atoms with van der Waals surface area (Å²) in [6, 6.07) is 2.73. The largest absolute Gasteiger partial charge is 0.481 e. The maximum absolute atomic E-state index is 11.6. The summed E-state index contributed by atoms with van der Waals surface area (Å²) in [5.74, 6) is -1.55. The van der Waals surface area contributed by atoms with Crippen LogP contribution in [0.15, 0.2) is 24.5 Å². The van der Waals surface area contributed by atoms with Gasteiger partial charge in [0.05, 0.1) is 12.5 Å². The molecule has 6 heteroatoms. The Labute approximate surface area is 112 Å². The Bertz CT molecular complexity index is 446. The molecule has 0 fully saturated rings. The fraction of sp³-hybridized carbons (Fsp3) is 0.462. The average Bonchev–Trinajstić information content (AvgIpc) is 2.36. The number of nitrogens with one attached hydrogen (secondary N) is 1. The molecule has 0 aliphatic carbocycles. The number of carboxylic acids is 1. The van der Waals surface area contributed by atoms with Gasteiger partial charge in [0.2, 0.25) is 5.91 Å². The van der Waals surface area contributed by atoms with Crippen molar-refractivity contribution in [2.75, 3.05) is 6.54 Å². The monoisotopic (exact) mass is 265 g/mol. The Morgan fingerprint density at radius 1 is 1.53 bits per heavy atom. The summed E-state index contributed by atoms with van der Waals surface area (Å²) in [4.78, 5) is 26.1. The molecule has 104 valence electrons. The zero-order valence-electron chi connectivity index (χ0n) is 11.1. The molecule has 6 nitrogen and oxygen atoms in total. The van der Waals surface area contributed by atoms with Crippen molar-refractivity contribution in [2.24, 2.45) is 5.73 Å². The van der Waals surface area contributed by atoms with E-state index in [2.05, 4.69) is 10.3 Å². The Hall–Kier alpha value is -1.95. The fourth-order valence-corrected chi connectivity index (χ4v) is 1.59. The molecule has 0 radical (unpaired) electrons. The minimum Gasteiger partial charge on any atom is -0.481 e. The highest BCUT2D eigenvalue weighted by molar-refractivity contribution is 5.85. The number of carboxylic acid groups (broad SMARTS) is 1. The van der Waals surface area contributed by atoms with Crippen molar-refractivity contribution in [3.8, 4) is 0 Å². The Morgan fingerprint density at radius 2 is 2.21 bits per heavy atom. The van der Waals surface area contributed by atoms with Crippen LogP contribution >= 0.6 is 0 Å². The standard InChI is InChI=1S/C13H19N3O3/c1-13(2,9-4-3-5-15-7-9)8-16-12(19)10(14)6-11(17)18/h3-5,7,10H,6,8,14H2,1-2H3,(H,16,19)(H,17,18). The molecule has 0 aliphatic rings. The van der Waals surface area contributed by atoms with E-state index in [9.17, 15) is 9.59 Å². The van der Waals surface area contributed by atoms with Crippen LogP contribution in [0.2, 0.25) is 0 Å². The highest BCUT2D eigenvalue weighted by atomic mass is 16.4. The van der Waals surface area contributed by atoms with Gasteiger partial charge in [0, 0.05) is 24.4 Å². The van der Waals surface area contributed by atoms with E-state index in [1.165, 1.54) is 0 Å². The molecule has 0 saturated carbocycles. The summed E-state index contributed by atoms with van der Waals surface area (Å²) in [5, 5.41) is 11.2. The first-order valence-electron chi connectivity index (χ1n) is 5.98. The van der Waals surface area contributed by atoms with E-state index in [4.69, 9.17) is 10.8 Å². The zero-order valence-corrected chi connectivity index (χ0v) is 11.1. The van der Waals surface area contributed by atoms with Gasteiger partial charge in [-0.05, 0) is 11.6 Å². The van der Waals surface area contributed by atoms with Crippen molar-refractivity contribution in [3.05, 3.63) is 30.1 Å². The molecule has 0 bridgehead atoms. The van der Waals surface area contributed by atoms with Gasteiger partial charge in [-0.15, -0.1) is 0 Å². The zero-order chi connectivity index (χ0) is 14.5. The van der Waals surface area contributed by atoms with Crippen LogP contribution in [0, 0.1) is 0 Å². The Balaban J connectivity index is 2.56. The summed E-state index contributed by atoms with van der Waals surface area (Å²) in [6.45, 7) is 4.30. The van der Waals surface area contributed by atoms with Crippen molar-refractivity contribution >= 4 is 11.9 Å². The summed E-state index contributed by atoms with van der Waals surface area (Å²) >= 11 is 0. The predicted octanol–water partition coefficient (Wildman–Crippen LogP) is 0.277. The summed E-state index contributed by atoms with van der Waals surface area (Å²) < 4.78 is 0. The van der Waals surface area contributed by atoms with E-state index in [0.29, 0.717) is 6.54 Å². The molecule has 1 aromatic rings. The van der Waals surface area contributed by atoms with E-state index in [-0.39, 0.29) is 11.8 Å². The molecular weight excluding hydrogens is 246 g/mol. The number of hydrogen-bond donors (Lipinski definition) is 3. The first-order chi connectivity index (χ1) is 8.83. The topological polar surface area (TPSA) is 105 Å². The van der Waals surface area contributed by atoms with Gasteiger partial charge in [-0.2, -0.15) is 0 Å². The molecule has 1 unspecified atom stereocenters. The number of aliphatic carboxylic acids is 1. The first kappa shape index (κ1) is 15.1.